The highest BCUT2D eigenvalue weighted by atomic mass is 32.1. The summed E-state index contributed by atoms with van der Waals surface area (Å²) in [5.41, 5.74) is 5.36. The predicted octanol–water partition coefficient (Wildman–Crippen LogP) is 4.59. The lowest BCUT2D eigenvalue weighted by molar-refractivity contribution is 1.33. The molecule has 0 aliphatic carbocycles. The van der Waals surface area contributed by atoms with Crippen molar-refractivity contribution in [1.29, 1.82) is 0 Å². The van der Waals surface area contributed by atoms with Gasteiger partial charge in [0.2, 0.25) is 0 Å². The van der Waals surface area contributed by atoms with Crippen LogP contribution in [-0.4, -0.2) is 18.0 Å². The minimum atomic E-state index is -1.36. The van der Waals surface area contributed by atoms with Crippen LogP contribution in [0.2, 0.25) is 19.6 Å². The monoisotopic (exact) mass is 308 g/mol. The molecule has 4 heteroatoms. The molecule has 0 saturated carbocycles. The minimum absolute atomic E-state index is 0.865. The number of hydrogen-bond acceptors (Lipinski definition) is 3. The van der Waals surface area contributed by atoms with E-state index >= 15 is 0 Å². The third-order valence-corrected chi connectivity index (χ3v) is 4.86. The Labute approximate surface area is 129 Å². The first kappa shape index (κ1) is 14.0. The molecule has 0 unspecified atom stereocenters. The number of pyridine rings is 2. The van der Waals surface area contributed by atoms with Gasteiger partial charge < -0.3 is 0 Å². The van der Waals surface area contributed by atoms with Crippen molar-refractivity contribution in [3.8, 4) is 21.9 Å². The van der Waals surface area contributed by atoms with E-state index in [0.29, 0.717) is 0 Å². The zero-order valence-electron chi connectivity index (χ0n) is 12.3. The molecule has 0 fully saturated rings. The number of aromatic nitrogens is 2. The molecule has 21 heavy (non-hydrogen) atoms. The molecule has 0 N–H and O–H groups in total. The Morgan fingerprint density at radius 1 is 1.14 bits per heavy atom. The van der Waals surface area contributed by atoms with E-state index in [0.717, 1.165) is 21.5 Å². The molecule has 0 bridgehead atoms. The fraction of sp³-hybridized carbons (Fsp3) is 0.176. The van der Waals surface area contributed by atoms with Crippen molar-refractivity contribution in [3.05, 3.63) is 48.4 Å². The van der Waals surface area contributed by atoms with Crippen LogP contribution in [-0.2, 0) is 0 Å². The van der Waals surface area contributed by atoms with Crippen molar-refractivity contribution >= 4 is 29.6 Å². The molecule has 3 aromatic rings. The lowest BCUT2D eigenvalue weighted by Crippen LogP contribution is -2.16. The standard InChI is InChI=1S/C17H16N2SSi/c1-21(2,3)10-8-15-7-6-13-11-16(20-17(13)19-15)14-5-4-9-18-12-14/h4-7,9,11-12H,1-3H3. The zero-order valence-corrected chi connectivity index (χ0v) is 14.2. The molecule has 104 valence electrons. The van der Waals surface area contributed by atoms with Crippen LogP contribution in [0.3, 0.4) is 0 Å². The summed E-state index contributed by atoms with van der Waals surface area (Å²) in [5.74, 6) is 3.22. The van der Waals surface area contributed by atoms with E-state index < -0.39 is 8.07 Å². The Morgan fingerprint density at radius 3 is 2.71 bits per heavy atom. The number of rotatable bonds is 1. The first-order valence-electron chi connectivity index (χ1n) is 6.85. The van der Waals surface area contributed by atoms with Gasteiger partial charge in [0, 0.05) is 28.2 Å². The Hall–Kier alpha value is -1.96. The smallest absolute Gasteiger partial charge is 0.129 e. The van der Waals surface area contributed by atoms with Gasteiger partial charge in [-0.15, -0.1) is 16.9 Å². The van der Waals surface area contributed by atoms with Crippen molar-refractivity contribution in [2.75, 3.05) is 0 Å². The SMILES string of the molecule is C[Si](C)(C)C#Cc1ccc2cc(-c3cccnc3)sc2n1. The van der Waals surface area contributed by atoms with E-state index in [-0.39, 0.29) is 0 Å². The van der Waals surface area contributed by atoms with Gasteiger partial charge >= 0.3 is 0 Å². The van der Waals surface area contributed by atoms with Crippen LogP contribution in [0.15, 0.2) is 42.7 Å². The fourth-order valence-corrected chi connectivity index (χ4v) is 3.41. The lowest BCUT2D eigenvalue weighted by Gasteiger charge is -2.02. The molecule has 3 heterocycles. The maximum Gasteiger partial charge on any atom is 0.129 e. The van der Waals surface area contributed by atoms with E-state index in [1.54, 1.807) is 17.5 Å². The summed E-state index contributed by atoms with van der Waals surface area (Å²) in [5, 5.41) is 1.16. The number of thiophene rings is 1. The number of hydrogen-bond donors (Lipinski definition) is 0. The third kappa shape index (κ3) is 3.38. The Morgan fingerprint density at radius 2 is 2.00 bits per heavy atom. The summed E-state index contributed by atoms with van der Waals surface area (Å²) in [6.45, 7) is 6.72. The summed E-state index contributed by atoms with van der Waals surface area (Å²) in [6.07, 6.45) is 3.68. The van der Waals surface area contributed by atoms with Crippen molar-refractivity contribution < 1.29 is 0 Å². The van der Waals surface area contributed by atoms with Gasteiger partial charge in [0.15, 0.2) is 0 Å². The van der Waals surface area contributed by atoms with Crippen molar-refractivity contribution in [1.82, 2.24) is 9.97 Å². The molecule has 0 saturated heterocycles. The van der Waals surface area contributed by atoms with E-state index in [1.807, 2.05) is 18.3 Å². The average Bonchev–Trinajstić information content (AvgIpc) is 2.88. The lowest BCUT2D eigenvalue weighted by atomic mass is 10.2. The van der Waals surface area contributed by atoms with Crippen LogP contribution >= 0.6 is 11.3 Å². The second kappa shape index (κ2) is 5.43. The second-order valence-electron chi connectivity index (χ2n) is 5.94. The summed E-state index contributed by atoms with van der Waals surface area (Å²) in [7, 11) is -1.36. The number of fused-ring (bicyclic) bond motifs is 1. The van der Waals surface area contributed by atoms with E-state index in [1.165, 1.54) is 4.88 Å². The third-order valence-electron chi connectivity index (χ3n) is 2.89. The van der Waals surface area contributed by atoms with E-state index in [2.05, 4.69) is 59.3 Å². The zero-order chi connectivity index (χ0) is 14.9. The highest BCUT2D eigenvalue weighted by Gasteiger charge is 2.08. The summed E-state index contributed by atoms with van der Waals surface area (Å²) in [6, 6.07) is 10.3. The average molecular weight is 308 g/mol. The first-order chi connectivity index (χ1) is 10.0. The molecular formula is C17H16N2SSi. The highest BCUT2D eigenvalue weighted by molar-refractivity contribution is 7.21. The van der Waals surface area contributed by atoms with Crippen molar-refractivity contribution in [2.24, 2.45) is 0 Å². The van der Waals surface area contributed by atoms with Crippen LogP contribution in [0.4, 0.5) is 0 Å². The van der Waals surface area contributed by atoms with Crippen LogP contribution in [0, 0.1) is 11.5 Å². The molecule has 0 amide bonds. The topological polar surface area (TPSA) is 25.8 Å². The van der Waals surface area contributed by atoms with Gasteiger partial charge in [0.25, 0.3) is 0 Å². The molecule has 2 nitrogen and oxygen atoms in total. The van der Waals surface area contributed by atoms with Crippen molar-refractivity contribution in [3.63, 3.8) is 0 Å². The minimum Gasteiger partial charge on any atom is -0.264 e. The Balaban J connectivity index is 2.01. The Bertz CT molecular complexity index is 836. The van der Waals surface area contributed by atoms with Gasteiger partial charge in [0.05, 0.1) is 0 Å². The van der Waals surface area contributed by atoms with Crippen LogP contribution in [0.25, 0.3) is 20.7 Å². The maximum atomic E-state index is 4.67. The predicted molar refractivity (Wildman–Crippen MR) is 93.1 cm³/mol. The fourth-order valence-electron chi connectivity index (χ4n) is 1.89. The largest absolute Gasteiger partial charge is 0.264 e. The van der Waals surface area contributed by atoms with Gasteiger partial charge in [-0.3, -0.25) is 4.98 Å². The molecule has 0 radical (unpaired) electrons. The molecule has 0 spiro atoms. The van der Waals surface area contributed by atoms with Crippen LogP contribution in [0.5, 0.6) is 0 Å². The molecule has 0 atom stereocenters. The molecule has 0 aromatic carbocycles. The van der Waals surface area contributed by atoms with Gasteiger partial charge in [-0.1, -0.05) is 31.6 Å². The molecule has 3 aromatic heterocycles. The van der Waals surface area contributed by atoms with Crippen molar-refractivity contribution in [2.45, 2.75) is 19.6 Å². The maximum absolute atomic E-state index is 4.67. The summed E-state index contributed by atoms with van der Waals surface area (Å²) < 4.78 is 0. The second-order valence-corrected chi connectivity index (χ2v) is 11.7. The van der Waals surface area contributed by atoms with Crippen LogP contribution in [0.1, 0.15) is 5.69 Å². The van der Waals surface area contributed by atoms with Gasteiger partial charge in [0.1, 0.15) is 18.6 Å². The summed E-state index contributed by atoms with van der Waals surface area (Å²) in [4.78, 5) is 11.1. The molecule has 3 rings (SSSR count). The quantitative estimate of drug-likeness (QED) is 0.485. The van der Waals surface area contributed by atoms with E-state index in [9.17, 15) is 0 Å². The highest BCUT2D eigenvalue weighted by Crippen LogP contribution is 2.31. The Kier molecular flexibility index (Phi) is 3.62. The van der Waals surface area contributed by atoms with Gasteiger partial charge in [-0.2, -0.15) is 0 Å². The van der Waals surface area contributed by atoms with Gasteiger partial charge in [-0.25, -0.2) is 4.98 Å². The van der Waals surface area contributed by atoms with E-state index in [4.69, 9.17) is 0 Å². The van der Waals surface area contributed by atoms with Crippen LogP contribution < -0.4 is 0 Å². The molecule has 0 aliphatic rings. The molecular weight excluding hydrogens is 292 g/mol. The molecule has 0 aliphatic heterocycles. The first-order valence-corrected chi connectivity index (χ1v) is 11.2. The normalized spacial score (nSPS) is 11.2. The summed E-state index contributed by atoms with van der Waals surface area (Å²) >= 11 is 1.69. The number of nitrogens with zero attached hydrogens (tertiary/aromatic N) is 2. The van der Waals surface area contributed by atoms with Gasteiger partial charge in [-0.05, 0) is 24.3 Å².